The van der Waals surface area contributed by atoms with E-state index in [9.17, 15) is 14.4 Å². The molecule has 0 fully saturated rings. The van der Waals surface area contributed by atoms with Gasteiger partial charge in [-0.2, -0.15) is 0 Å². The molecule has 0 aliphatic heterocycles. The SMILES string of the molecule is Cc1ccc(NC(=O)Nc2ccc(NC(=O)OCc3cccc(OCC(=O)O)c3)cc2)cc1. The minimum absolute atomic E-state index is 0.0189. The van der Waals surface area contributed by atoms with Crippen LogP contribution >= 0.6 is 0 Å². The Hall–Kier alpha value is -4.53. The molecule has 3 aromatic rings. The monoisotopic (exact) mass is 449 g/mol. The van der Waals surface area contributed by atoms with E-state index >= 15 is 0 Å². The summed E-state index contributed by atoms with van der Waals surface area (Å²) in [5.74, 6) is -0.711. The zero-order chi connectivity index (χ0) is 23.6. The number of nitrogens with one attached hydrogen (secondary N) is 3. The second kappa shape index (κ2) is 11.2. The molecular formula is C24H23N3O6. The van der Waals surface area contributed by atoms with E-state index in [2.05, 4.69) is 16.0 Å². The average Bonchev–Trinajstić information content (AvgIpc) is 2.79. The van der Waals surface area contributed by atoms with Gasteiger partial charge in [0, 0.05) is 17.1 Å². The minimum Gasteiger partial charge on any atom is -0.482 e. The Balaban J connectivity index is 1.45. The first-order valence-corrected chi connectivity index (χ1v) is 9.99. The lowest BCUT2D eigenvalue weighted by atomic mass is 10.2. The minimum atomic E-state index is -1.08. The molecule has 0 bridgehead atoms. The van der Waals surface area contributed by atoms with Crippen molar-refractivity contribution in [3.63, 3.8) is 0 Å². The summed E-state index contributed by atoms with van der Waals surface area (Å²) < 4.78 is 10.3. The first kappa shape index (κ1) is 23.1. The number of aliphatic carboxylic acids is 1. The first-order valence-electron chi connectivity index (χ1n) is 9.99. The van der Waals surface area contributed by atoms with Gasteiger partial charge in [-0.05, 0) is 61.0 Å². The summed E-state index contributed by atoms with van der Waals surface area (Å²) in [7, 11) is 0. The first-order chi connectivity index (χ1) is 15.9. The lowest BCUT2D eigenvalue weighted by Crippen LogP contribution is -2.19. The number of carboxylic acid groups (broad SMARTS) is 1. The number of hydrogen-bond acceptors (Lipinski definition) is 5. The number of carbonyl (C=O) groups is 3. The highest BCUT2D eigenvalue weighted by molar-refractivity contribution is 6.00. The highest BCUT2D eigenvalue weighted by Crippen LogP contribution is 2.17. The molecule has 0 atom stereocenters. The van der Waals surface area contributed by atoms with E-state index in [0.717, 1.165) is 5.56 Å². The number of carbonyl (C=O) groups excluding carboxylic acids is 2. The van der Waals surface area contributed by atoms with E-state index in [1.54, 1.807) is 48.5 Å². The van der Waals surface area contributed by atoms with E-state index in [4.69, 9.17) is 14.6 Å². The Morgan fingerprint density at radius 3 is 2.00 bits per heavy atom. The number of benzene rings is 3. The Morgan fingerprint density at radius 2 is 1.39 bits per heavy atom. The lowest BCUT2D eigenvalue weighted by molar-refractivity contribution is -0.139. The van der Waals surface area contributed by atoms with E-state index in [-0.39, 0.29) is 12.6 Å². The molecule has 4 N–H and O–H groups in total. The van der Waals surface area contributed by atoms with Crippen molar-refractivity contribution in [2.24, 2.45) is 0 Å². The number of urea groups is 1. The molecule has 0 saturated carbocycles. The molecule has 170 valence electrons. The molecule has 0 radical (unpaired) electrons. The second-order valence-corrected chi connectivity index (χ2v) is 7.05. The van der Waals surface area contributed by atoms with Crippen LogP contribution in [-0.2, 0) is 16.1 Å². The summed E-state index contributed by atoms with van der Waals surface area (Å²) in [5, 5.41) is 16.7. The fraction of sp³-hybridized carbons (Fsp3) is 0.125. The van der Waals surface area contributed by atoms with Crippen LogP contribution in [0.1, 0.15) is 11.1 Å². The van der Waals surface area contributed by atoms with Gasteiger partial charge in [0.15, 0.2) is 6.61 Å². The summed E-state index contributed by atoms with van der Waals surface area (Å²) in [6.07, 6.45) is -0.662. The van der Waals surface area contributed by atoms with Gasteiger partial charge in [-0.1, -0.05) is 29.8 Å². The number of ether oxygens (including phenoxy) is 2. The van der Waals surface area contributed by atoms with E-state index in [0.29, 0.717) is 28.4 Å². The highest BCUT2D eigenvalue weighted by Gasteiger charge is 2.07. The smallest absolute Gasteiger partial charge is 0.411 e. The number of rotatable bonds is 8. The van der Waals surface area contributed by atoms with Crippen molar-refractivity contribution >= 4 is 35.2 Å². The molecule has 0 saturated heterocycles. The van der Waals surface area contributed by atoms with Crippen LogP contribution in [0.4, 0.5) is 26.7 Å². The van der Waals surface area contributed by atoms with Crippen LogP contribution < -0.4 is 20.7 Å². The van der Waals surface area contributed by atoms with E-state index < -0.39 is 18.7 Å². The summed E-state index contributed by atoms with van der Waals surface area (Å²) in [5.41, 5.74) is 3.46. The lowest BCUT2D eigenvalue weighted by Gasteiger charge is -2.10. The van der Waals surface area contributed by atoms with Crippen LogP contribution in [0.5, 0.6) is 5.75 Å². The molecule has 9 heteroatoms. The van der Waals surface area contributed by atoms with Gasteiger partial charge in [0.25, 0.3) is 0 Å². The van der Waals surface area contributed by atoms with Gasteiger partial charge in [0.2, 0.25) is 0 Å². The summed E-state index contributed by atoms with van der Waals surface area (Å²) in [4.78, 5) is 34.7. The van der Waals surface area contributed by atoms with Crippen LogP contribution in [-0.4, -0.2) is 29.8 Å². The highest BCUT2D eigenvalue weighted by atomic mass is 16.5. The van der Waals surface area contributed by atoms with Crippen LogP contribution in [0.15, 0.2) is 72.8 Å². The predicted octanol–water partition coefficient (Wildman–Crippen LogP) is 4.85. The maximum atomic E-state index is 12.1. The number of amides is 3. The Kier molecular flexibility index (Phi) is 7.85. The predicted molar refractivity (Wildman–Crippen MR) is 124 cm³/mol. The summed E-state index contributed by atoms with van der Waals surface area (Å²) in [6.45, 7) is 1.49. The molecule has 33 heavy (non-hydrogen) atoms. The third-order valence-electron chi connectivity index (χ3n) is 4.33. The van der Waals surface area contributed by atoms with Gasteiger partial charge in [-0.15, -0.1) is 0 Å². The average molecular weight is 449 g/mol. The van der Waals surface area contributed by atoms with Gasteiger partial charge < -0.3 is 25.2 Å². The van der Waals surface area contributed by atoms with E-state index in [1.807, 2.05) is 31.2 Å². The van der Waals surface area contributed by atoms with Crippen molar-refractivity contribution in [3.05, 3.63) is 83.9 Å². The van der Waals surface area contributed by atoms with Crippen molar-refractivity contribution in [1.82, 2.24) is 0 Å². The number of hydrogen-bond donors (Lipinski definition) is 4. The molecular weight excluding hydrogens is 426 g/mol. The molecule has 0 aliphatic carbocycles. The van der Waals surface area contributed by atoms with Crippen LogP contribution in [0.3, 0.4) is 0 Å². The second-order valence-electron chi connectivity index (χ2n) is 7.05. The molecule has 0 aromatic heterocycles. The molecule has 3 amide bonds. The van der Waals surface area contributed by atoms with Gasteiger partial charge in [-0.3, -0.25) is 5.32 Å². The van der Waals surface area contributed by atoms with Crippen molar-refractivity contribution in [2.75, 3.05) is 22.6 Å². The summed E-state index contributed by atoms with van der Waals surface area (Å²) in [6, 6.07) is 20.2. The Morgan fingerprint density at radius 1 is 0.818 bits per heavy atom. The molecule has 0 spiro atoms. The normalized spacial score (nSPS) is 10.1. The van der Waals surface area contributed by atoms with E-state index in [1.165, 1.54) is 0 Å². The number of carboxylic acids is 1. The van der Waals surface area contributed by atoms with Crippen LogP contribution in [0.2, 0.25) is 0 Å². The molecule has 0 aliphatic rings. The van der Waals surface area contributed by atoms with Crippen LogP contribution in [0, 0.1) is 6.92 Å². The van der Waals surface area contributed by atoms with Crippen molar-refractivity contribution in [3.8, 4) is 5.75 Å². The van der Waals surface area contributed by atoms with Gasteiger partial charge in [0.1, 0.15) is 12.4 Å². The number of aryl methyl sites for hydroxylation is 1. The van der Waals surface area contributed by atoms with Crippen LogP contribution in [0.25, 0.3) is 0 Å². The number of anilines is 3. The molecule has 0 heterocycles. The molecule has 3 aromatic carbocycles. The molecule has 9 nitrogen and oxygen atoms in total. The third kappa shape index (κ3) is 7.91. The fourth-order valence-electron chi connectivity index (χ4n) is 2.74. The quantitative estimate of drug-likeness (QED) is 0.389. The fourth-order valence-corrected chi connectivity index (χ4v) is 2.74. The Labute approximate surface area is 190 Å². The summed E-state index contributed by atoms with van der Waals surface area (Å²) >= 11 is 0. The Bertz CT molecular complexity index is 1110. The molecule has 3 rings (SSSR count). The van der Waals surface area contributed by atoms with Gasteiger partial charge in [-0.25, -0.2) is 14.4 Å². The zero-order valence-electron chi connectivity index (χ0n) is 17.8. The van der Waals surface area contributed by atoms with Gasteiger partial charge in [0.05, 0.1) is 0 Å². The maximum Gasteiger partial charge on any atom is 0.411 e. The largest absolute Gasteiger partial charge is 0.482 e. The maximum absolute atomic E-state index is 12.1. The molecule has 0 unspecified atom stereocenters. The third-order valence-corrected chi connectivity index (χ3v) is 4.33. The van der Waals surface area contributed by atoms with Crippen molar-refractivity contribution in [1.29, 1.82) is 0 Å². The standard InChI is InChI=1S/C24H23N3O6/c1-16-5-7-18(8-6-16)25-23(30)26-19-9-11-20(12-10-19)27-24(31)33-14-17-3-2-4-21(13-17)32-15-22(28)29/h2-13H,14-15H2,1H3,(H,27,31)(H,28,29)(H2,25,26,30). The van der Waals surface area contributed by atoms with Crippen molar-refractivity contribution in [2.45, 2.75) is 13.5 Å². The van der Waals surface area contributed by atoms with Gasteiger partial charge >= 0.3 is 18.1 Å². The topological polar surface area (TPSA) is 126 Å². The zero-order valence-corrected chi connectivity index (χ0v) is 17.8. The van der Waals surface area contributed by atoms with Crippen molar-refractivity contribution < 1.29 is 29.0 Å².